The van der Waals surface area contributed by atoms with Gasteiger partial charge in [0.25, 0.3) is 0 Å². The standard InChI is InChI=1S/C10H21NS/c1-8-3-5-10(6-4-8)12-7-9(2)11/h8-10H,3-7,11H2,1-2H3. The van der Waals surface area contributed by atoms with Gasteiger partial charge in [0.2, 0.25) is 0 Å². The van der Waals surface area contributed by atoms with Crippen molar-refractivity contribution in [2.75, 3.05) is 5.75 Å². The Morgan fingerprint density at radius 1 is 1.33 bits per heavy atom. The summed E-state index contributed by atoms with van der Waals surface area (Å²) in [5.74, 6) is 2.11. The van der Waals surface area contributed by atoms with Crippen molar-refractivity contribution in [1.82, 2.24) is 0 Å². The van der Waals surface area contributed by atoms with Crippen molar-refractivity contribution in [3.63, 3.8) is 0 Å². The van der Waals surface area contributed by atoms with E-state index in [1.807, 2.05) is 0 Å². The summed E-state index contributed by atoms with van der Waals surface area (Å²) in [5.41, 5.74) is 5.72. The molecule has 1 unspecified atom stereocenters. The second-order valence-electron chi connectivity index (χ2n) is 4.19. The molecule has 0 bridgehead atoms. The molecule has 1 rings (SSSR count). The molecule has 0 amide bonds. The van der Waals surface area contributed by atoms with E-state index in [2.05, 4.69) is 25.6 Å². The van der Waals surface area contributed by atoms with Crippen LogP contribution in [0.4, 0.5) is 0 Å². The van der Waals surface area contributed by atoms with Crippen molar-refractivity contribution < 1.29 is 0 Å². The Morgan fingerprint density at radius 2 is 1.92 bits per heavy atom. The highest BCUT2D eigenvalue weighted by Crippen LogP contribution is 2.31. The third-order valence-corrected chi connectivity index (χ3v) is 4.22. The Balaban J connectivity index is 2.09. The minimum atomic E-state index is 0.370. The summed E-state index contributed by atoms with van der Waals surface area (Å²) >= 11 is 2.08. The Hall–Kier alpha value is 0.310. The lowest BCUT2D eigenvalue weighted by molar-refractivity contribution is 0.393. The molecule has 0 saturated heterocycles. The van der Waals surface area contributed by atoms with E-state index in [1.165, 1.54) is 25.7 Å². The maximum Gasteiger partial charge on any atom is 0.0102 e. The van der Waals surface area contributed by atoms with Crippen LogP contribution in [0.2, 0.25) is 0 Å². The van der Waals surface area contributed by atoms with Crippen molar-refractivity contribution >= 4 is 11.8 Å². The minimum Gasteiger partial charge on any atom is -0.327 e. The molecule has 1 saturated carbocycles. The lowest BCUT2D eigenvalue weighted by Crippen LogP contribution is -2.21. The van der Waals surface area contributed by atoms with Gasteiger partial charge in [-0.05, 0) is 38.5 Å². The second kappa shape index (κ2) is 5.13. The molecule has 0 radical (unpaired) electrons. The van der Waals surface area contributed by atoms with Crippen LogP contribution in [-0.2, 0) is 0 Å². The van der Waals surface area contributed by atoms with Gasteiger partial charge in [0.05, 0.1) is 0 Å². The molecule has 0 aromatic heterocycles. The summed E-state index contributed by atoms with van der Waals surface area (Å²) in [7, 11) is 0. The van der Waals surface area contributed by atoms with Gasteiger partial charge in [0, 0.05) is 17.0 Å². The summed E-state index contributed by atoms with van der Waals surface area (Å²) in [4.78, 5) is 0. The number of rotatable bonds is 3. The van der Waals surface area contributed by atoms with E-state index in [0.29, 0.717) is 6.04 Å². The summed E-state index contributed by atoms with van der Waals surface area (Å²) in [5, 5.41) is 0.909. The molecule has 1 atom stereocenters. The maximum absolute atomic E-state index is 5.72. The summed E-state index contributed by atoms with van der Waals surface area (Å²) in [6, 6.07) is 0.370. The predicted molar refractivity (Wildman–Crippen MR) is 57.5 cm³/mol. The van der Waals surface area contributed by atoms with Crippen LogP contribution < -0.4 is 5.73 Å². The predicted octanol–water partition coefficient (Wildman–Crippen LogP) is 2.65. The molecule has 1 aliphatic carbocycles. The van der Waals surface area contributed by atoms with Gasteiger partial charge in [-0.1, -0.05) is 6.92 Å². The van der Waals surface area contributed by atoms with Crippen LogP contribution in [0.5, 0.6) is 0 Å². The fourth-order valence-corrected chi connectivity index (χ4v) is 2.87. The van der Waals surface area contributed by atoms with Gasteiger partial charge in [-0.15, -0.1) is 0 Å². The fourth-order valence-electron chi connectivity index (χ4n) is 1.68. The smallest absolute Gasteiger partial charge is 0.0102 e. The van der Waals surface area contributed by atoms with Gasteiger partial charge in [-0.2, -0.15) is 11.8 Å². The van der Waals surface area contributed by atoms with Crippen molar-refractivity contribution in [2.24, 2.45) is 11.7 Å². The lowest BCUT2D eigenvalue weighted by Gasteiger charge is -2.26. The van der Waals surface area contributed by atoms with Gasteiger partial charge < -0.3 is 5.73 Å². The molecular formula is C10H21NS. The van der Waals surface area contributed by atoms with Crippen LogP contribution in [-0.4, -0.2) is 17.0 Å². The maximum atomic E-state index is 5.72. The number of hydrogen-bond donors (Lipinski definition) is 1. The SMILES string of the molecule is CC(N)CSC1CCC(C)CC1. The molecule has 2 heteroatoms. The molecule has 0 aromatic carbocycles. The van der Waals surface area contributed by atoms with Gasteiger partial charge in [-0.25, -0.2) is 0 Å². The molecular weight excluding hydrogens is 166 g/mol. The monoisotopic (exact) mass is 187 g/mol. The quantitative estimate of drug-likeness (QED) is 0.735. The molecule has 1 aliphatic rings. The third-order valence-electron chi connectivity index (χ3n) is 2.56. The van der Waals surface area contributed by atoms with Crippen LogP contribution in [0, 0.1) is 5.92 Å². The number of thioether (sulfide) groups is 1. The van der Waals surface area contributed by atoms with Gasteiger partial charge in [0.1, 0.15) is 0 Å². The molecule has 72 valence electrons. The molecule has 0 aromatic rings. The Labute approximate surface area is 80.5 Å². The van der Waals surface area contributed by atoms with E-state index in [-0.39, 0.29) is 0 Å². The van der Waals surface area contributed by atoms with Crippen LogP contribution in [0.3, 0.4) is 0 Å². The van der Waals surface area contributed by atoms with Crippen LogP contribution in [0.25, 0.3) is 0 Å². The van der Waals surface area contributed by atoms with Crippen molar-refractivity contribution in [2.45, 2.75) is 50.8 Å². The van der Waals surface area contributed by atoms with Crippen LogP contribution in [0.1, 0.15) is 39.5 Å². The average Bonchev–Trinajstić information content (AvgIpc) is 2.03. The molecule has 12 heavy (non-hydrogen) atoms. The normalized spacial score (nSPS) is 33.2. The summed E-state index contributed by atoms with van der Waals surface area (Å²) in [6.07, 6.45) is 5.68. The lowest BCUT2D eigenvalue weighted by atomic mass is 9.91. The molecule has 1 fully saturated rings. The van der Waals surface area contributed by atoms with Crippen LogP contribution >= 0.6 is 11.8 Å². The average molecular weight is 187 g/mol. The number of nitrogens with two attached hydrogens (primary N) is 1. The first-order chi connectivity index (χ1) is 5.68. The van der Waals surface area contributed by atoms with Crippen LogP contribution in [0.15, 0.2) is 0 Å². The zero-order valence-corrected chi connectivity index (χ0v) is 9.07. The zero-order valence-electron chi connectivity index (χ0n) is 8.25. The highest BCUT2D eigenvalue weighted by molar-refractivity contribution is 7.99. The van der Waals surface area contributed by atoms with E-state index in [0.717, 1.165) is 16.9 Å². The van der Waals surface area contributed by atoms with E-state index in [9.17, 15) is 0 Å². The largest absolute Gasteiger partial charge is 0.327 e. The zero-order chi connectivity index (χ0) is 8.97. The second-order valence-corrected chi connectivity index (χ2v) is 5.53. The van der Waals surface area contributed by atoms with Crippen molar-refractivity contribution in [3.8, 4) is 0 Å². The molecule has 0 heterocycles. The first-order valence-electron chi connectivity index (χ1n) is 5.05. The summed E-state index contributed by atoms with van der Waals surface area (Å²) < 4.78 is 0. The topological polar surface area (TPSA) is 26.0 Å². The highest BCUT2D eigenvalue weighted by Gasteiger charge is 2.18. The molecule has 0 aliphatic heterocycles. The van der Waals surface area contributed by atoms with Gasteiger partial charge in [-0.3, -0.25) is 0 Å². The first-order valence-corrected chi connectivity index (χ1v) is 6.10. The minimum absolute atomic E-state index is 0.370. The fraction of sp³-hybridized carbons (Fsp3) is 1.00. The molecule has 0 spiro atoms. The molecule has 1 nitrogen and oxygen atoms in total. The van der Waals surface area contributed by atoms with Gasteiger partial charge in [0.15, 0.2) is 0 Å². The van der Waals surface area contributed by atoms with E-state index >= 15 is 0 Å². The van der Waals surface area contributed by atoms with Crippen molar-refractivity contribution in [1.29, 1.82) is 0 Å². The summed E-state index contributed by atoms with van der Waals surface area (Å²) in [6.45, 7) is 4.46. The van der Waals surface area contributed by atoms with Gasteiger partial charge >= 0.3 is 0 Å². The van der Waals surface area contributed by atoms with Crippen molar-refractivity contribution in [3.05, 3.63) is 0 Å². The van der Waals surface area contributed by atoms with E-state index < -0.39 is 0 Å². The Morgan fingerprint density at radius 3 is 2.42 bits per heavy atom. The molecule has 2 N–H and O–H groups in total. The van der Waals surface area contributed by atoms with E-state index in [4.69, 9.17) is 5.73 Å². The highest BCUT2D eigenvalue weighted by atomic mass is 32.2. The first kappa shape index (κ1) is 10.4. The number of hydrogen-bond acceptors (Lipinski definition) is 2. The Bertz CT molecular complexity index is 117. The third kappa shape index (κ3) is 3.81. The van der Waals surface area contributed by atoms with E-state index in [1.54, 1.807) is 0 Å². The Kier molecular flexibility index (Phi) is 4.44.